The van der Waals surface area contributed by atoms with E-state index >= 15 is 0 Å². The highest BCUT2D eigenvalue weighted by molar-refractivity contribution is 7.91. The van der Waals surface area contributed by atoms with Gasteiger partial charge in [0.15, 0.2) is 9.84 Å². The number of carbonyl (C=O) groups excluding carboxylic acids is 1. The number of nitrogens with zero attached hydrogens (tertiary/aromatic N) is 3. The molecule has 7 heteroatoms. The van der Waals surface area contributed by atoms with Crippen molar-refractivity contribution >= 4 is 15.7 Å². The standard InChI is InChI=1S/C20H27N3O3S/c1-22(18-10-6-3-7-11-18)20(24)16-27(25,26)15-19-21-12-13-23(19)14-17-8-4-2-5-9-17/h2,4-5,8-9,12-13,18H,3,6-7,10-11,14-16H2,1H3. The molecule has 1 aromatic heterocycles. The van der Waals surface area contributed by atoms with Crippen LogP contribution in [0.25, 0.3) is 0 Å². The molecule has 2 aromatic rings. The molecule has 0 saturated heterocycles. The minimum absolute atomic E-state index is 0.168. The topological polar surface area (TPSA) is 72.3 Å². The van der Waals surface area contributed by atoms with E-state index in [-0.39, 0.29) is 17.7 Å². The summed E-state index contributed by atoms with van der Waals surface area (Å²) >= 11 is 0. The fraction of sp³-hybridized carbons (Fsp3) is 0.500. The van der Waals surface area contributed by atoms with E-state index in [0.29, 0.717) is 12.4 Å². The molecule has 0 spiro atoms. The van der Waals surface area contributed by atoms with Crippen molar-refractivity contribution in [3.8, 4) is 0 Å². The lowest BCUT2D eigenvalue weighted by Gasteiger charge is -2.31. The van der Waals surface area contributed by atoms with Crippen LogP contribution >= 0.6 is 0 Å². The van der Waals surface area contributed by atoms with Crippen molar-refractivity contribution in [2.24, 2.45) is 0 Å². The number of amides is 1. The van der Waals surface area contributed by atoms with Crippen LogP contribution in [0.5, 0.6) is 0 Å². The Balaban J connectivity index is 1.63. The second-order valence-corrected chi connectivity index (χ2v) is 9.35. The number of aromatic nitrogens is 2. The molecule has 1 aliphatic carbocycles. The smallest absolute Gasteiger partial charge is 0.237 e. The molecule has 0 N–H and O–H groups in total. The summed E-state index contributed by atoms with van der Waals surface area (Å²) in [5.41, 5.74) is 1.07. The van der Waals surface area contributed by atoms with Gasteiger partial charge in [0.25, 0.3) is 0 Å². The Kier molecular flexibility index (Phi) is 6.31. The molecule has 3 rings (SSSR count). The van der Waals surface area contributed by atoms with Gasteiger partial charge in [0.2, 0.25) is 5.91 Å². The fourth-order valence-electron chi connectivity index (χ4n) is 3.61. The highest BCUT2D eigenvalue weighted by Gasteiger charge is 2.27. The zero-order valence-electron chi connectivity index (χ0n) is 15.8. The van der Waals surface area contributed by atoms with E-state index in [9.17, 15) is 13.2 Å². The summed E-state index contributed by atoms with van der Waals surface area (Å²) in [5.74, 6) is -0.537. The first kappa shape index (κ1) is 19.6. The van der Waals surface area contributed by atoms with Gasteiger partial charge in [-0.25, -0.2) is 13.4 Å². The predicted octanol–water partition coefficient (Wildman–Crippen LogP) is 2.64. The van der Waals surface area contributed by atoms with Crippen LogP contribution in [0.1, 0.15) is 43.5 Å². The van der Waals surface area contributed by atoms with E-state index in [1.165, 1.54) is 6.42 Å². The quantitative estimate of drug-likeness (QED) is 0.730. The summed E-state index contributed by atoms with van der Waals surface area (Å²) in [6.07, 6.45) is 8.70. The van der Waals surface area contributed by atoms with Crippen molar-refractivity contribution in [1.82, 2.24) is 14.5 Å². The van der Waals surface area contributed by atoms with Gasteiger partial charge < -0.3 is 9.47 Å². The Morgan fingerprint density at radius 2 is 1.89 bits per heavy atom. The van der Waals surface area contributed by atoms with Crippen LogP contribution in [0.15, 0.2) is 42.7 Å². The number of sulfone groups is 1. The summed E-state index contributed by atoms with van der Waals surface area (Å²) in [4.78, 5) is 18.3. The minimum atomic E-state index is -3.58. The fourth-order valence-corrected chi connectivity index (χ4v) is 4.93. The van der Waals surface area contributed by atoms with E-state index in [0.717, 1.165) is 31.2 Å². The lowest BCUT2D eigenvalue weighted by atomic mass is 9.94. The maximum atomic E-state index is 12.6. The van der Waals surface area contributed by atoms with Gasteiger partial charge in [-0.05, 0) is 18.4 Å². The molecule has 1 aliphatic rings. The summed E-state index contributed by atoms with van der Waals surface area (Å²) in [6.45, 7) is 0.557. The molecular weight excluding hydrogens is 362 g/mol. The van der Waals surface area contributed by atoms with Crippen LogP contribution in [-0.4, -0.2) is 47.6 Å². The van der Waals surface area contributed by atoms with Gasteiger partial charge in [-0.15, -0.1) is 0 Å². The molecule has 1 saturated carbocycles. The van der Waals surface area contributed by atoms with Gasteiger partial charge in [-0.2, -0.15) is 0 Å². The van der Waals surface area contributed by atoms with Crippen molar-refractivity contribution in [2.75, 3.05) is 12.8 Å². The largest absolute Gasteiger partial charge is 0.342 e. The number of benzene rings is 1. The molecule has 0 unspecified atom stereocenters. The molecule has 6 nitrogen and oxygen atoms in total. The maximum Gasteiger partial charge on any atom is 0.237 e. The molecular formula is C20H27N3O3S. The van der Waals surface area contributed by atoms with E-state index in [1.54, 1.807) is 24.3 Å². The van der Waals surface area contributed by atoms with Gasteiger partial charge in [-0.1, -0.05) is 49.6 Å². The van der Waals surface area contributed by atoms with Crippen molar-refractivity contribution in [3.63, 3.8) is 0 Å². The number of carbonyl (C=O) groups is 1. The normalized spacial score (nSPS) is 15.6. The highest BCUT2D eigenvalue weighted by atomic mass is 32.2. The Morgan fingerprint density at radius 1 is 1.19 bits per heavy atom. The van der Waals surface area contributed by atoms with Crippen molar-refractivity contribution in [1.29, 1.82) is 0 Å². The zero-order valence-corrected chi connectivity index (χ0v) is 16.6. The Bertz CT molecular complexity index is 856. The molecule has 27 heavy (non-hydrogen) atoms. The predicted molar refractivity (Wildman–Crippen MR) is 105 cm³/mol. The Hall–Kier alpha value is -2.15. The van der Waals surface area contributed by atoms with Crippen molar-refractivity contribution in [2.45, 2.75) is 50.4 Å². The summed E-state index contributed by atoms with van der Waals surface area (Å²) in [7, 11) is -1.85. The third kappa shape index (κ3) is 5.42. The molecule has 0 radical (unpaired) electrons. The highest BCUT2D eigenvalue weighted by Crippen LogP contribution is 2.22. The van der Waals surface area contributed by atoms with Crippen molar-refractivity contribution in [3.05, 3.63) is 54.1 Å². The molecule has 0 bridgehead atoms. The SMILES string of the molecule is CN(C(=O)CS(=O)(=O)Cc1nccn1Cc1ccccc1)C1CCCCC1. The van der Waals surface area contributed by atoms with Gasteiger partial charge in [0, 0.05) is 32.0 Å². The van der Waals surface area contributed by atoms with Crippen LogP contribution < -0.4 is 0 Å². The van der Waals surface area contributed by atoms with Gasteiger partial charge in [0.05, 0.1) is 0 Å². The number of hydrogen-bond acceptors (Lipinski definition) is 4. The summed E-state index contributed by atoms with van der Waals surface area (Å²) < 4.78 is 27.0. The van der Waals surface area contributed by atoms with Crippen LogP contribution in [-0.2, 0) is 26.9 Å². The first-order valence-electron chi connectivity index (χ1n) is 9.44. The van der Waals surface area contributed by atoms with Crippen LogP contribution in [0, 0.1) is 0 Å². The number of hydrogen-bond donors (Lipinski definition) is 0. The molecule has 1 fully saturated rings. The van der Waals surface area contributed by atoms with E-state index < -0.39 is 15.6 Å². The van der Waals surface area contributed by atoms with Crippen LogP contribution in [0.2, 0.25) is 0 Å². The van der Waals surface area contributed by atoms with E-state index in [1.807, 2.05) is 34.9 Å². The number of rotatable bonds is 7. The van der Waals surface area contributed by atoms with Crippen LogP contribution in [0.4, 0.5) is 0 Å². The third-order valence-electron chi connectivity index (χ3n) is 5.21. The molecule has 1 aromatic carbocycles. The summed E-state index contributed by atoms with van der Waals surface area (Å²) in [6, 6.07) is 9.98. The van der Waals surface area contributed by atoms with Gasteiger partial charge in [0.1, 0.15) is 17.3 Å². The monoisotopic (exact) mass is 389 g/mol. The molecule has 1 amide bonds. The average molecular weight is 390 g/mol. The lowest BCUT2D eigenvalue weighted by Crippen LogP contribution is -2.41. The molecule has 0 aliphatic heterocycles. The Morgan fingerprint density at radius 3 is 2.59 bits per heavy atom. The maximum absolute atomic E-state index is 12.6. The van der Waals surface area contributed by atoms with Crippen LogP contribution in [0.3, 0.4) is 0 Å². The zero-order chi connectivity index (χ0) is 19.3. The lowest BCUT2D eigenvalue weighted by molar-refractivity contribution is -0.129. The summed E-state index contributed by atoms with van der Waals surface area (Å²) in [5, 5.41) is 0. The van der Waals surface area contributed by atoms with Crippen molar-refractivity contribution < 1.29 is 13.2 Å². The van der Waals surface area contributed by atoms with E-state index in [4.69, 9.17) is 0 Å². The first-order chi connectivity index (χ1) is 12.9. The third-order valence-corrected chi connectivity index (χ3v) is 6.59. The molecule has 0 atom stereocenters. The first-order valence-corrected chi connectivity index (χ1v) is 11.3. The average Bonchev–Trinajstić information content (AvgIpc) is 3.08. The van der Waals surface area contributed by atoms with Gasteiger partial charge in [-0.3, -0.25) is 4.79 Å². The second-order valence-electron chi connectivity index (χ2n) is 7.29. The van der Waals surface area contributed by atoms with E-state index in [2.05, 4.69) is 4.98 Å². The molecule has 146 valence electrons. The Labute approximate surface area is 161 Å². The van der Waals surface area contributed by atoms with Gasteiger partial charge >= 0.3 is 0 Å². The number of imidazole rings is 1. The minimum Gasteiger partial charge on any atom is -0.342 e. The second kappa shape index (κ2) is 8.69. The molecule has 1 heterocycles.